The highest BCUT2D eigenvalue weighted by Gasteiger charge is 2.11. The molecular formula is C11H17ClN2OS. The number of hydrogen-bond donors (Lipinski definition) is 1. The third-order valence-corrected chi connectivity index (χ3v) is 2.82. The van der Waals surface area contributed by atoms with E-state index in [0.717, 1.165) is 0 Å². The zero-order valence-corrected chi connectivity index (χ0v) is 10.9. The summed E-state index contributed by atoms with van der Waals surface area (Å²) in [6.07, 6.45) is 1.75. The van der Waals surface area contributed by atoms with Gasteiger partial charge in [0, 0.05) is 11.4 Å². The van der Waals surface area contributed by atoms with Gasteiger partial charge < -0.3 is 10.2 Å². The Labute approximate surface area is 107 Å². The van der Waals surface area contributed by atoms with Gasteiger partial charge in [0.15, 0.2) is 0 Å². The van der Waals surface area contributed by atoms with Crippen molar-refractivity contribution in [2.24, 2.45) is 0 Å². The van der Waals surface area contributed by atoms with Crippen LogP contribution in [-0.4, -0.2) is 30.9 Å². The number of carbonyl (C=O) groups excluding carboxylic acids is 1. The van der Waals surface area contributed by atoms with Crippen molar-refractivity contribution < 1.29 is 4.79 Å². The molecule has 0 aliphatic rings. The van der Waals surface area contributed by atoms with Gasteiger partial charge in [-0.15, -0.1) is 30.3 Å². The third kappa shape index (κ3) is 4.79. The summed E-state index contributed by atoms with van der Waals surface area (Å²) in [7, 11) is 1.77. The highest BCUT2D eigenvalue weighted by atomic mass is 35.5. The van der Waals surface area contributed by atoms with E-state index in [1.807, 2.05) is 17.5 Å². The molecule has 0 bridgehead atoms. The Kier molecular flexibility index (Phi) is 7.89. The standard InChI is InChI=1S/C11H16N2OS.ClH/c1-3-6-13(11(14)8-12-2)9-10-5-4-7-15-10;/h3-5,7,12H,1,6,8-9H2,2H3;1H. The predicted octanol–water partition coefficient (Wildman–Crippen LogP) is 1.90. The lowest BCUT2D eigenvalue weighted by molar-refractivity contribution is -0.130. The van der Waals surface area contributed by atoms with Gasteiger partial charge in [0.05, 0.1) is 13.1 Å². The van der Waals surface area contributed by atoms with Crippen LogP contribution in [0.3, 0.4) is 0 Å². The van der Waals surface area contributed by atoms with Crippen LogP contribution in [0, 0.1) is 0 Å². The quantitative estimate of drug-likeness (QED) is 0.793. The maximum atomic E-state index is 11.7. The fraction of sp³-hybridized carbons (Fsp3) is 0.364. The molecule has 0 radical (unpaired) electrons. The first-order valence-electron chi connectivity index (χ1n) is 4.83. The van der Waals surface area contributed by atoms with Crippen LogP contribution in [0.4, 0.5) is 0 Å². The van der Waals surface area contributed by atoms with Gasteiger partial charge in [-0.25, -0.2) is 0 Å². The maximum Gasteiger partial charge on any atom is 0.237 e. The minimum atomic E-state index is 0. The van der Waals surface area contributed by atoms with Crippen LogP contribution in [-0.2, 0) is 11.3 Å². The monoisotopic (exact) mass is 260 g/mol. The first-order chi connectivity index (χ1) is 7.27. The first kappa shape index (κ1) is 15.2. The number of nitrogens with zero attached hydrogens (tertiary/aromatic N) is 1. The molecule has 1 rings (SSSR count). The molecule has 1 aromatic rings. The molecule has 3 nitrogen and oxygen atoms in total. The lowest BCUT2D eigenvalue weighted by atomic mass is 10.3. The number of hydrogen-bond acceptors (Lipinski definition) is 3. The van der Waals surface area contributed by atoms with Crippen molar-refractivity contribution in [3.63, 3.8) is 0 Å². The van der Waals surface area contributed by atoms with Crippen LogP contribution in [0.25, 0.3) is 0 Å². The predicted molar refractivity (Wildman–Crippen MR) is 71.1 cm³/mol. The van der Waals surface area contributed by atoms with Crippen molar-refractivity contribution >= 4 is 29.7 Å². The van der Waals surface area contributed by atoms with Crippen molar-refractivity contribution in [1.29, 1.82) is 0 Å². The van der Waals surface area contributed by atoms with Gasteiger partial charge in [0.1, 0.15) is 0 Å². The Bertz CT molecular complexity index is 314. The average molecular weight is 261 g/mol. The Morgan fingerprint density at radius 1 is 1.69 bits per heavy atom. The van der Waals surface area contributed by atoms with Gasteiger partial charge in [-0.1, -0.05) is 12.1 Å². The number of rotatable bonds is 6. The van der Waals surface area contributed by atoms with E-state index in [4.69, 9.17) is 0 Å². The summed E-state index contributed by atoms with van der Waals surface area (Å²) in [5.74, 6) is 0.103. The topological polar surface area (TPSA) is 32.3 Å². The minimum Gasteiger partial charge on any atom is -0.333 e. The molecule has 5 heteroatoms. The van der Waals surface area contributed by atoms with Crippen molar-refractivity contribution in [3.8, 4) is 0 Å². The normalized spacial score (nSPS) is 9.31. The van der Waals surface area contributed by atoms with Crippen LogP contribution in [0.1, 0.15) is 4.88 Å². The molecule has 0 fully saturated rings. The highest BCUT2D eigenvalue weighted by molar-refractivity contribution is 7.09. The molecule has 0 aliphatic carbocycles. The zero-order chi connectivity index (χ0) is 11.1. The molecule has 0 spiro atoms. The number of halogens is 1. The minimum absolute atomic E-state index is 0. The molecule has 16 heavy (non-hydrogen) atoms. The summed E-state index contributed by atoms with van der Waals surface area (Å²) in [4.78, 5) is 14.7. The molecule has 1 heterocycles. The maximum absolute atomic E-state index is 11.7. The molecule has 0 aromatic carbocycles. The molecule has 0 saturated carbocycles. The molecule has 0 unspecified atom stereocenters. The van der Waals surface area contributed by atoms with Crippen LogP contribution in [0.5, 0.6) is 0 Å². The number of amides is 1. The number of thiophene rings is 1. The van der Waals surface area contributed by atoms with E-state index in [0.29, 0.717) is 19.6 Å². The van der Waals surface area contributed by atoms with Crippen LogP contribution in [0.15, 0.2) is 30.2 Å². The van der Waals surface area contributed by atoms with Crippen molar-refractivity contribution in [2.45, 2.75) is 6.54 Å². The summed E-state index contributed by atoms with van der Waals surface area (Å²) in [6, 6.07) is 4.03. The highest BCUT2D eigenvalue weighted by Crippen LogP contribution is 2.11. The lowest BCUT2D eigenvalue weighted by Gasteiger charge is -2.20. The number of likely N-dealkylation sites (N-methyl/N-ethyl adjacent to an activating group) is 1. The molecule has 0 saturated heterocycles. The number of nitrogens with one attached hydrogen (secondary N) is 1. The molecule has 1 aromatic heterocycles. The first-order valence-corrected chi connectivity index (χ1v) is 5.71. The molecule has 90 valence electrons. The van der Waals surface area contributed by atoms with Gasteiger partial charge in [-0.05, 0) is 18.5 Å². The molecule has 1 N–H and O–H groups in total. The number of carbonyl (C=O) groups is 1. The van der Waals surface area contributed by atoms with Crippen molar-refractivity contribution in [2.75, 3.05) is 20.1 Å². The van der Waals surface area contributed by atoms with Gasteiger partial charge in [0.25, 0.3) is 0 Å². The van der Waals surface area contributed by atoms with E-state index in [9.17, 15) is 4.79 Å². The van der Waals surface area contributed by atoms with Crippen LogP contribution >= 0.6 is 23.7 Å². The van der Waals surface area contributed by atoms with Crippen molar-refractivity contribution in [3.05, 3.63) is 35.0 Å². The van der Waals surface area contributed by atoms with Gasteiger partial charge in [-0.2, -0.15) is 0 Å². The Morgan fingerprint density at radius 3 is 2.94 bits per heavy atom. The fourth-order valence-electron chi connectivity index (χ4n) is 1.26. The van der Waals surface area contributed by atoms with Gasteiger partial charge in [0.2, 0.25) is 5.91 Å². The summed E-state index contributed by atoms with van der Waals surface area (Å²) < 4.78 is 0. The van der Waals surface area contributed by atoms with E-state index in [-0.39, 0.29) is 18.3 Å². The van der Waals surface area contributed by atoms with E-state index in [1.165, 1.54) is 4.88 Å². The zero-order valence-electron chi connectivity index (χ0n) is 9.31. The Balaban J connectivity index is 0.00000225. The fourth-order valence-corrected chi connectivity index (χ4v) is 1.98. The van der Waals surface area contributed by atoms with E-state index in [2.05, 4.69) is 11.9 Å². The van der Waals surface area contributed by atoms with E-state index in [1.54, 1.807) is 29.4 Å². The second kappa shape index (κ2) is 8.33. The van der Waals surface area contributed by atoms with Crippen LogP contribution < -0.4 is 5.32 Å². The largest absolute Gasteiger partial charge is 0.333 e. The van der Waals surface area contributed by atoms with Gasteiger partial charge >= 0.3 is 0 Å². The average Bonchev–Trinajstić information content (AvgIpc) is 2.70. The SMILES string of the molecule is C=CCN(Cc1cccs1)C(=O)CNC.Cl. The Morgan fingerprint density at radius 2 is 2.44 bits per heavy atom. The summed E-state index contributed by atoms with van der Waals surface area (Å²) >= 11 is 1.66. The molecule has 0 aliphatic heterocycles. The summed E-state index contributed by atoms with van der Waals surface area (Å²) in [5.41, 5.74) is 0. The molecular weight excluding hydrogens is 244 g/mol. The van der Waals surface area contributed by atoms with E-state index < -0.39 is 0 Å². The van der Waals surface area contributed by atoms with Gasteiger partial charge in [-0.3, -0.25) is 4.79 Å². The second-order valence-corrected chi connectivity index (χ2v) is 4.20. The van der Waals surface area contributed by atoms with Crippen molar-refractivity contribution in [1.82, 2.24) is 10.2 Å². The molecule has 0 atom stereocenters. The Hall–Kier alpha value is -0.840. The lowest BCUT2D eigenvalue weighted by Crippen LogP contribution is -2.36. The van der Waals surface area contributed by atoms with Crippen LogP contribution in [0.2, 0.25) is 0 Å². The molecule has 1 amide bonds. The summed E-state index contributed by atoms with van der Waals surface area (Å²) in [5, 5.41) is 4.88. The second-order valence-electron chi connectivity index (χ2n) is 3.17. The smallest absolute Gasteiger partial charge is 0.237 e. The third-order valence-electron chi connectivity index (χ3n) is 1.96. The van der Waals surface area contributed by atoms with E-state index >= 15 is 0 Å². The summed E-state index contributed by atoms with van der Waals surface area (Å²) in [6.45, 7) is 5.30.